The molecule has 0 saturated heterocycles. The van der Waals surface area contributed by atoms with Crippen LogP contribution in [0.15, 0.2) is 18.2 Å². The Morgan fingerprint density at radius 1 is 1.06 bits per heavy atom. The Morgan fingerprint density at radius 3 is 2.56 bits per heavy atom. The molecule has 1 aromatic carbocycles. The average Bonchev–Trinajstić information content (AvgIpc) is 2.95. The summed E-state index contributed by atoms with van der Waals surface area (Å²) in [6.07, 6.45) is 5.67. The van der Waals surface area contributed by atoms with E-state index in [1.807, 2.05) is 0 Å². The summed E-state index contributed by atoms with van der Waals surface area (Å²) in [6.45, 7) is 1.55. The lowest BCUT2D eigenvalue weighted by Crippen LogP contribution is -2.14. The predicted molar refractivity (Wildman–Crippen MR) is 70.8 cm³/mol. The molecule has 3 aliphatic rings. The summed E-state index contributed by atoms with van der Waals surface area (Å²) >= 11 is 0. The third-order valence-corrected chi connectivity index (χ3v) is 5.27. The van der Waals surface area contributed by atoms with Crippen LogP contribution in [0.3, 0.4) is 0 Å². The van der Waals surface area contributed by atoms with E-state index in [2.05, 4.69) is 18.2 Å². The van der Waals surface area contributed by atoms with E-state index in [0.717, 1.165) is 31.0 Å². The fraction of sp³-hybridized carbons (Fsp3) is 0.625. The maximum absolute atomic E-state index is 6.51. The van der Waals surface area contributed by atoms with Gasteiger partial charge < -0.3 is 10.5 Å². The highest BCUT2D eigenvalue weighted by Crippen LogP contribution is 2.59. The molecule has 1 aliphatic heterocycles. The molecule has 0 aromatic heterocycles. The van der Waals surface area contributed by atoms with Crippen molar-refractivity contribution in [2.24, 2.45) is 23.5 Å². The zero-order valence-electron chi connectivity index (χ0n) is 10.8. The van der Waals surface area contributed by atoms with Crippen LogP contribution in [-0.2, 0) is 18.0 Å². The lowest BCUT2D eigenvalue weighted by molar-refractivity contribution is 0.134. The van der Waals surface area contributed by atoms with E-state index in [1.165, 1.54) is 42.4 Å². The van der Waals surface area contributed by atoms with Crippen LogP contribution in [0.5, 0.6) is 0 Å². The van der Waals surface area contributed by atoms with Gasteiger partial charge in [0.1, 0.15) is 0 Å². The second-order valence-corrected chi connectivity index (χ2v) is 6.24. The number of benzene rings is 1. The molecule has 96 valence electrons. The van der Waals surface area contributed by atoms with Gasteiger partial charge in [0.15, 0.2) is 0 Å². The highest BCUT2D eigenvalue weighted by molar-refractivity contribution is 5.35. The van der Waals surface area contributed by atoms with Crippen molar-refractivity contribution < 1.29 is 4.74 Å². The zero-order chi connectivity index (χ0) is 12.1. The van der Waals surface area contributed by atoms with Gasteiger partial charge in [0.05, 0.1) is 13.2 Å². The van der Waals surface area contributed by atoms with Crippen LogP contribution in [0.2, 0.25) is 0 Å². The fourth-order valence-corrected chi connectivity index (χ4v) is 4.20. The summed E-state index contributed by atoms with van der Waals surface area (Å²) in [5, 5.41) is 0. The lowest BCUT2D eigenvalue weighted by atomic mass is 9.97. The molecule has 1 heterocycles. The molecule has 1 aromatic rings. The Morgan fingerprint density at radius 2 is 1.78 bits per heavy atom. The second-order valence-electron chi connectivity index (χ2n) is 6.24. The Balaban J connectivity index is 1.56. The van der Waals surface area contributed by atoms with Gasteiger partial charge in [-0.25, -0.2) is 0 Å². The molecule has 2 fully saturated rings. The minimum Gasteiger partial charge on any atom is -0.372 e. The van der Waals surface area contributed by atoms with Crippen molar-refractivity contribution in [3.05, 3.63) is 34.9 Å². The van der Waals surface area contributed by atoms with Crippen molar-refractivity contribution in [2.45, 2.75) is 44.9 Å². The van der Waals surface area contributed by atoms with Crippen LogP contribution in [-0.4, -0.2) is 0 Å². The average molecular weight is 243 g/mol. The van der Waals surface area contributed by atoms with E-state index >= 15 is 0 Å². The standard InChI is InChI=1S/C16H21NO/c17-16(15-13-3-1-2-4-14(13)15)10-5-6-11-8-18-9-12(11)7-10/h5-7,13-16H,1-4,8-9,17H2. The SMILES string of the molecule is NC(c1ccc2c(c1)COC2)C1C2CCCCC21. The van der Waals surface area contributed by atoms with E-state index in [4.69, 9.17) is 10.5 Å². The summed E-state index contributed by atoms with van der Waals surface area (Å²) in [5.41, 5.74) is 10.5. The van der Waals surface area contributed by atoms with Crippen LogP contribution in [0, 0.1) is 17.8 Å². The Kier molecular flexibility index (Phi) is 2.49. The summed E-state index contributed by atoms with van der Waals surface area (Å²) in [7, 11) is 0. The van der Waals surface area contributed by atoms with Crippen LogP contribution in [0.4, 0.5) is 0 Å². The van der Waals surface area contributed by atoms with E-state index in [0.29, 0.717) is 0 Å². The monoisotopic (exact) mass is 243 g/mol. The smallest absolute Gasteiger partial charge is 0.0725 e. The van der Waals surface area contributed by atoms with Crippen LogP contribution in [0.1, 0.15) is 48.4 Å². The van der Waals surface area contributed by atoms with E-state index in [1.54, 1.807) is 0 Å². The molecule has 2 saturated carbocycles. The van der Waals surface area contributed by atoms with Crippen LogP contribution < -0.4 is 5.73 Å². The maximum Gasteiger partial charge on any atom is 0.0725 e. The third-order valence-electron chi connectivity index (χ3n) is 5.27. The molecule has 0 spiro atoms. The Labute approximate surface area is 109 Å². The van der Waals surface area contributed by atoms with Crippen molar-refractivity contribution in [3.8, 4) is 0 Å². The first-order valence-electron chi connectivity index (χ1n) is 7.29. The molecule has 18 heavy (non-hydrogen) atoms. The van der Waals surface area contributed by atoms with Gasteiger partial charge in [0.2, 0.25) is 0 Å². The number of fused-ring (bicyclic) bond motifs is 2. The highest BCUT2D eigenvalue weighted by atomic mass is 16.5. The number of rotatable bonds is 2. The molecule has 2 aliphatic carbocycles. The molecular weight excluding hydrogens is 222 g/mol. The molecular formula is C16H21NO. The van der Waals surface area contributed by atoms with Gasteiger partial charge >= 0.3 is 0 Å². The largest absolute Gasteiger partial charge is 0.372 e. The molecule has 4 rings (SSSR count). The van der Waals surface area contributed by atoms with Crippen LogP contribution >= 0.6 is 0 Å². The molecule has 2 N–H and O–H groups in total. The minimum absolute atomic E-state index is 0.254. The Bertz CT molecular complexity index is 458. The van der Waals surface area contributed by atoms with Gasteiger partial charge in [-0.3, -0.25) is 0 Å². The zero-order valence-corrected chi connectivity index (χ0v) is 10.8. The molecule has 3 unspecified atom stereocenters. The van der Waals surface area contributed by atoms with Crippen molar-refractivity contribution in [3.63, 3.8) is 0 Å². The lowest BCUT2D eigenvalue weighted by Gasteiger charge is -2.13. The van der Waals surface area contributed by atoms with E-state index in [-0.39, 0.29) is 6.04 Å². The first kappa shape index (κ1) is 11.0. The second kappa shape index (κ2) is 4.07. The number of ether oxygens (including phenoxy) is 1. The third kappa shape index (κ3) is 1.63. The van der Waals surface area contributed by atoms with Crippen molar-refractivity contribution in [2.75, 3.05) is 0 Å². The van der Waals surface area contributed by atoms with E-state index in [9.17, 15) is 0 Å². The molecule has 2 nitrogen and oxygen atoms in total. The van der Waals surface area contributed by atoms with Crippen LogP contribution in [0.25, 0.3) is 0 Å². The summed E-state index contributed by atoms with van der Waals surface area (Å²) < 4.78 is 5.48. The van der Waals surface area contributed by atoms with Gasteiger partial charge in [0, 0.05) is 6.04 Å². The van der Waals surface area contributed by atoms with Gasteiger partial charge in [-0.15, -0.1) is 0 Å². The van der Waals surface area contributed by atoms with E-state index < -0.39 is 0 Å². The predicted octanol–water partition coefficient (Wildman–Crippen LogP) is 3.15. The minimum atomic E-state index is 0.254. The first-order valence-corrected chi connectivity index (χ1v) is 7.29. The van der Waals surface area contributed by atoms with Gasteiger partial charge in [-0.1, -0.05) is 31.0 Å². The van der Waals surface area contributed by atoms with Gasteiger partial charge in [-0.2, -0.15) is 0 Å². The molecule has 0 bridgehead atoms. The summed E-state index contributed by atoms with van der Waals surface area (Å²) in [5.74, 6) is 2.62. The maximum atomic E-state index is 6.51. The first-order chi connectivity index (χ1) is 8.84. The van der Waals surface area contributed by atoms with Crippen molar-refractivity contribution in [1.29, 1.82) is 0 Å². The summed E-state index contributed by atoms with van der Waals surface area (Å²) in [4.78, 5) is 0. The molecule has 0 radical (unpaired) electrons. The molecule has 0 amide bonds. The number of hydrogen-bond donors (Lipinski definition) is 1. The van der Waals surface area contributed by atoms with Gasteiger partial charge in [-0.05, 0) is 47.3 Å². The molecule has 2 heteroatoms. The number of hydrogen-bond acceptors (Lipinski definition) is 2. The number of nitrogens with two attached hydrogens (primary N) is 1. The van der Waals surface area contributed by atoms with Crippen molar-refractivity contribution in [1.82, 2.24) is 0 Å². The highest BCUT2D eigenvalue weighted by Gasteiger charge is 2.53. The summed E-state index contributed by atoms with van der Waals surface area (Å²) in [6, 6.07) is 6.98. The van der Waals surface area contributed by atoms with Gasteiger partial charge in [0.25, 0.3) is 0 Å². The topological polar surface area (TPSA) is 35.2 Å². The fourth-order valence-electron chi connectivity index (χ4n) is 4.20. The van der Waals surface area contributed by atoms with Crippen molar-refractivity contribution >= 4 is 0 Å². The Hall–Kier alpha value is -0.860. The normalized spacial score (nSPS) is 34.8. The molecule has 3 atom stereocenters. The quantitative estimate of drug-likeness (QED) is 0.866.